The van der Waals surface area contributed by atoms with Crippen molar-refractivity contribution >= 4 is 11.9 Å². The Balaban J connectivity index is 1.31. The first kappa shape index (κ1) is 17.6. The van der Waals surface area contributed by atoms with Crippen LogP contribution in [0.5, 0.6) is 0 Å². The van der Waals surface area contributed by atoms with Crippen molar-refractivity contribution in [2.24, 2.45) is 11.8 Å². The van der Waals surface area contributed by atoms with Crippen LogP contribution in [0.4, 0.5) is 10.3 Å². The largest absolute Gasteiger partial charge is 0.369 e. The Hall–Kier alpha value is -2.48. The number of carbonyl (C=O) groups excluding carboxylic acids is 1. The highest BCUT2D eigenvalue weighted by molar-refractivity contribution is 5.95. The van der Waals surface area contributed by atoms with E-state index in [1.807, 2.05) is 0 Å². The zero-order valence-corrected chi connectivity index (χ0v) is 15.9. The van der Waals surface area contributed by atoms with Crippen LogP contribution in [0.15, 0.2) is 22.7 Å². The maximum Gasteiger partial charge on any atom is 0.266 e. The van der Waals surface area contributed by atoms with Crippen molar-refractivity contribution < 1.29 is 18.4 Å². The van der Waals surface area contributed by atoms with Gasteiger partial charge in [0.15, 0.2) is 0 Å². The lowest BCUT2D eigenvalue weighted by Gasteiger charge is -2.29. The molecule has 0 radical (unpaired) electrons. The molecule has 2 bridgehead atoms. The van der Waals surface area contributed by atoms with Gasteiger partial charge in [-0.2, -0.15) is 4.98 Å². The number of nitrogens with zero attached hydrogens (tertiary/aromatic N) is 3. The maximum absolute atomic E-state index is 14.1. The Morgan fingerprint density at radius 2 is 2.29 bits per heavy atom. The molecule has 0 saturated carbocycles. The van der Waals surface area contributed by atoms with Gasteiger partial charge < -0.3 is 19.5 Å². The summed E-state index contributed by atoms with van der Waals surface area (Å²) in [5.74, 6) is 0.764. The second kappa shape index (κ2) is 6.27. The summed E-state index contributed by atoms with van der Waals surface area (Å²) in [4.78, 5) is 19.0. The number of aryl methyl sites for hydroxylation is 2. The van der Waals surface area contributed by atoms with Crippen LogP contribution < -0.4 is 10.2 Å². The third-order valence-electron chi connectivity index (χ3n) is 6.53. The third kappa shape index (κ3) is 2.62. The number of fused-ring (bicyclic) bond motifs is 1. The highest BCUT2D eigenvalue weighted by Crippen LogP contribution is 2.55. The summed E-state index contributed by atoms with van der Waals surface area (Å²) in [6, 6.07) is 4.68. The van der Waals surface area contributed by atoms with Crippen LogP contribution in [-0.4, -0.2) is 47.4 Å². The van der Waals surface area contributed by atoms with Gasteiger partial charge in [0.05, 0.1) is 23.8 Å². The van der Waals surface area contributed by atoms with Crippen LogP contribution in [0.25, 0.3) is 0 Å². The molecule has 8 heteroatoms. The molecule has 7 nitrogen and oxygen atoms in total. The fourth-order valence-electron chi connectivity index (χ4n) is 5.25. The van der Waals surface area contributed by atoms with Crippen molar-refractivity contribution in [2.45, 2.75) is 38.4 Å². The lowest BCUT2D eigenvalue weighted by atomic mass is 9.73. The van der Waals surface area contributed by atoms with Gasteiger partial charge in [0, 0.05) is 31.8 Å². The first-order valence-electron chi connectivity index (χ1n) is 9.73. The van der Waals surface area contributed by atoms with E-state index in [2.05, 4.69) is 20.4 Å². The number of aromatic nitrogens is 2. The predicted molar refractivity (Wildman–Crippen MR) is 98.5 cm³/mol. The lowest BCUT2D eigenvalue weighted by molar-refractivity contribution is 0.0141. The summed E-state index contributed by atoms with van der Waals surface area (Å²) < 4.78 is 25.6. The molecule has 4 heterocycles. The molecule has 2 aromatic rings. The minimum atomic E-state index is -0.488. The van der Waals surface area contributed by atoms with Gasteiger partial charge in [-0.15, -0.1) is 0 Å². The summed E-state index contributed by atoms with van der Waals surface area (Å²) in [5, 5.41) is 6.98. The van der Waals surface area contributed by atoms with Gasteiger partial charge in [0.1, 0.15) is 5.82 Å². The van der Waals surface area contributed by atoms with Gasteiger partial charge in [-0.1, -0.05) is 12.1 Å². The van der Waals surface area contributed by atoms with Crippen molar-refractivity contribution in [3.05, 3.63) is 41.0 Å². The summed E-state index contributed by atoms with van der Waals surface area (Å²) in [6.45, 7) is 5.51. The highest BCUT2D eigenvalue weighted by atomic mass is 19.1. The zero-order valence-electron chi connectivity index (χ0n) is 15.9. The fraction of sp³-hybridized carbons (Fsp3) is 0.550. The van der Waals surface area contributed by atoms with Crippen LogP contribution in [-0.2, 0) is 4.74 Å². The quantitative estimate of drug-likeness (QED) is 0.868. The van der Waals surface area contributed by atoms with E-state index < -0.39 is 5.82 Å². The van der Waals surface area contributed by atoms with E-state index in [1.54, 1.807) is 26.0 Å². The fourth-order valence-corrected chi connectivity index (χ4v) is 5.25. The van der Waals surface area contributed by atoms with E-state index >= 15 is 0 Å². The molecule has 1 amide bonds. The number of hydrogen-bond donors (Lipinski definition) is 1. The standard InChI is InChI=1S/C20H23FN4O3/c1-11-4-3-5-15(21)17(11)18(26)22-8-13-14-9-25(19-23-12(2)28-24-19)10-20(14)7-6-16(13)27-20/h3-5,13-14,16H,6-10H2,1-2H3,(H,22,26)/t13-,14+,16+,20+/m0/s1. The normalized spacial score (nSPS) is 30.7. The molecule has 1 aromatic carbocycles. The van der Waals surface area contributed by atoms with E-state index in [9.17, 15) is 9.18 Å². The smallest absolute Gasteiger partial charge is 0.266 e. The van der Waals surface area contributed by atoms with Crippen molar-refractivity contribution in [3.63, 3.8) is 0 Å². The van der Waals surface area contributed by atoms with E-state index in [1.165, 1.54) is 6.07 Å². The van der Waals surface area contributed by atoms with Crippen molar-refractivity contribution in [1.82, 2.24) is 15.5 Å². The highest BCUT2D eigenvalue weighted by Gasteiger charge is 2.63. The summed E-state index contributed by atoms with van der Waals surface area (Å²) in [5.41, 5.74) is 0.553. The molecule has 148 valence electrons. The predicted octanol–water partition coefficient (Wildman–Crippen LogP) is 2.24. The minimum Gasteiger partial charge on any atom is -0.369 e. The van der Waals surface area contributed by atoms with Crippen molar-refractivity contribution in [1.29, 1.82) is 0 Å². The van der Waals surface area contributed by atoms with Crippen LogP contribution in [0.2, 0.25) is 0 Å². The van der Waals surface area contributed by atoms with Gasteiger partial charge in [-0.05, 0) is 36.6 Å². The number of rotatable bonds is 4. The number of anilines is 1. The Kier molecular flexibility index (Phi) is 3.94. The molecule has 3 aliphatic rings. The first-order valence-corrected chi connectivity index (χ1v) is 9.73. The average Bonchev–Trinajstić information content (AvgIpc) is 3.39. The molecule has 3 aliphatic heterocycles. The number of amides is 1. The van der Waals surface area contributed by atoms with Gasteiger partial charge in [-0.25, -0.2) is 4.39 Å². The second-order valence-electron chi connectivity index (χ2n) is 8.17. The lowest BCUT2D eigenvalue weighted by Crippen LogP contribution is -2.42. The number of carbonyl (C=O) groups is 1. The zero-order chi connectivity index (χ0) is 19.5. The van der Waals surface area contributed by atoms with Crippen LogP contribution in [0, 0.1) is 31.5 Å². The third-order valence-corrected chi connectivity index (χ3v) is 6.53. The van der Waals surface area contributed by atoms with E-state index in [0.717, 1.165) is 25.9 Å². The Morgan fingerprint density at radius 1 is 1.43 bits per heavy atom. The van der Waals surface area contributed by atoms with Gasteiger partial charge in [0.2, 0.25) is 5.89 Å². The molecule has 1 N–H and O–H groups in total. The van der Waals surface area contributed by atoms with Crippen molar-refractivity contribution in [3.8, 4) is 0 Å². The molecule has 0 aliphatic carbocycles. The first-order chi connectivity index (χ1) is 13.5. The van der Waals surface area contributed by atoms with Crippen molar-refractivity contribution in [2.75, 3.05) is 24.5 Å². The molecule has 4 atom stereocenters. The van der Waals surface area contributed by atoms with Crippen LogP contribution in [0.3, 0.4) is 0 Å². The van der Waals surface area contributed by atoms with Gasteiger partial charge >= 0.3 is 0 Å². The van der Waals surface area contributed by atoms with E-state index in [-0.39, 0.29) is 35.0 Å². The number of nitrogens with one attached hydrogen (secondary N) is 1. The number of ether oxygens (including phenoxy) is 1. The Morgan fingerprint density at radius 3 is 3.04 bits per heavy atom. The molecule has 1 aromatic heterocycles. The molecular weight excluding hydrogens is 363 g/mol. The SMILES string of the molecule is Cc1nc(N2C[C@@H]3[C@H](CNC(=O)c4c(C)cccc4F)[C@H]4CC[C@]3(C2)O4)no1. The topological polar surface area (TPSA) is 80.5 Å². The summed E-state index contributed by atoms with van der Waals surface area (Å²) in [7, 11) is 0. The monoisotopic (exact) mass is 386 g/mol. The molecule has 3 saturated heterocycles. The molecule has 1 spiro atoms. The number of halogens is 1. The van der Waals surface area contributed by atoms with Gasteiger partial charge in [-0.3, -0.25) is 4.79 Å². The maximum atomic E-state index is 14.1. The number of benzene rings is 1. The number of hydrogen-bond acceptors (Lipinski definition) is 6. The Bertz CT molecular complexity index is 912. The van der Waals surface area contributed by atoms with E-state index in [0.29, 0.717) is 23.9 Å². The second-order valence-corrected chi connectivity index (χ2v) is 8.17. The van der Waals surface area contributed by atoms with E-state index in [4.69, 9.17) is 9.26 Å². The molecule has 0 unspecified atom stereocenters. The van der Waals surface area contributed by atoms with Gasteiger partial charge in [0.25, 0.3) is 11.9 Å². The van der Waals surface area contributed by atoms with Crippen LogP contribution >= 0.6 is 0 Å². The molecule has 3 fully saturated rings. The minimum absolute atomic E-state index is 0.122. The molecule has 5 rings (SSSR count). The average molecular weight is 386 g/mol. The molecule has 28 heavy (non-hydrogen) atoms. The molecular formula is C20H23FN4O3. The van der Waals surface area contributed by atoms with Crippen LogP contribution in [0.1, 0.15) is 34.7 Å². The summed E-state index contributed by atoms with van der Waals surface area (Å²) >= 11 is 0. The Labute approximate surface area is 162 Å². The summed E-state index contributed by atoms with van der Waals surface area (Å²) in [6.07, 6.45) is 2.13.